The van der Waals surface area contributed by atoms with Gasteiger partial charge in [-0.25, -0.2) is 9.78 Å². The molecular weight excluding hydrogens is 536 g/mol. The minimum Gasteiger partial charge on any atom is -0.493 e. The molecule has 1 amide bonds. The van der Waals surface area contributed by atoms with E-state index in [1.165, 1.54) is 26.3 Å². The van der Waals surface area contributed by atoms with E-state index in [2.05, 4.69) is 10.3 Å². The van der Waals surface area contributed by atoms with Gasteiger partial charge in [0.25, 0.3) is 5.91 Å². The van der Waals surface area contributed by atoms with E-state index >= 15 is 0 Å². The normalized spacial score (nSPS) is 20.9. The molecule has 0 saturated carbocycles. The highest BCUT2D eigenvalue weighted by atomic mass is 16.6. The van der Waals surface area contributed by atoms with E-state index in [1.54, 1.807) is 32.9 Å². The molecule has 220 valence electrons. The van der Waals surface area contributed by atoms with Crippen molar-refractivity contribution in [2.24, 2.45) is 11.8 Å². The van der Waals surface area contributed by atoms with Crippen LogP contribution in [-0.2, 0) is 39.8 Å². The molecule has 1 aromatic heterocycles. The highest BCUT2D eigenvalue weighted by Gasteiger charge is 2.42. The van der Waals surface area contributed by atoms with Gasteiger partial charge < -0.3 is 29.0 Å². The van der Waals surface area contributed by atoms with Crippen LogP contribution in [0, 0.1) is 11.8 Å². The Hall–Kier alpha value is -4.48. The van der Waals surface area contributed by atoms with Crippen molar-refractivity contribution < 1.29 is 47.7 Å². The van der Waals surface area contributed by atoms with Crippen molar-refractivity contribution in [3.05, 3.63) is 53.9 Å². The number of carbonyl (C=O) groups is 5. The van der Waals surface area contributed by atoms with Gasteiger partial charge in [-0.15, -0.1) is 0 Å². The Kier molecular flexibility index (Phi) is 10.8. The quantitative estimate of drug-likeness (QED) is 0.349. The average molecular weight is 571 g/mol. The van der Waals surface area contributed by atoms with Crippen molar-refractivity contribution in [2.45, 2.75) is 58.8 Å². The third-order valence-corrected chi connectivity index (χ3v) is 6.28. The van der Waals surface area contributed by atoms with Gasteiger partial charge in [0.15, 0.2) is 23.6 Å². The summed E-state index contributed by atoms with van der Waals surface area (Å²) >= 11 is 0. The maximum atomic E-state index is 13.4. The molecule has 1 saturated heterocycles. The smallest absolute Gasteiger partial charge is 0.332 e. The molecule has 1 N–H and O–H groups in total. The van der Waals surface area contributed by atoms with Gasteiger partial charge in [-0.2, -0.15) is 0 Å². The van der Waals surface area contributed by atoms with Crippen molar-refractivity contribution in [1.82, 2.24) is 10.3 Å². The summed E-state index contributed by atoms with van der Waals surface area (Å²) in [5.41, 5.74) is 0.449. The van der Waals surface area contributed by atoms with Crippen LogP contribution >= 0.6 is 0 Å². The lowest BCUT2D eigenvalue weighted by molar-refractivity contribution is -0.176. The molecular formula is C29H34N2O10. The number of aromatic nitrogens is 1. The first-order chi connectivity index (χ1) is 19.5. The van der Waals surface area contributed by atoms with Gasteiger partial charge in [-0.1, -0.05) is 51.1 Å². The predicted octanol–water partition coefficient (Wildman–Crippen LogP) is 2.42. The summed E-state index contributed by atoms with van der Waals surface area (Å²) in [6.45, 7) is 5.79. The Morgan fingerprint density at radius 1 is 1.10 bits per heavy atom. The van der Waals surface area contributed by atoms with E-state index in [1.807, 2.05) is 18.2 Å². The molecule has 4 atom stereocenters. The number of hydrogen-bond acceptors (Lipinski definition) is 11. The Morgan fingerprint density at radius 3 is 2.44 bits per heavy atom. The maximum Gasteiger partial charge on any atom is 0.332 e. The molecule has 1 aliphatic rings. The summed E-state index contributed by atoms with van der Waals surface area (Å²) in [5, 5.41) is 2.44. The zero-order valence-corrected chi connectivity index (χ0v) is 23.6. The molecule has 0 bridgehead atoms. The highest BCUT2D eigenvalue weighted by Crippen LogP contribution is 2.30. The average Bonchev–Trinajstić information content (AvgIpc) is 2.99. The van der Waals surface area contributed by atoms with Gasteiger partial charge in [0, 0.05) is 18.7 Å². The van der Waals surface area contributed by atoms with Crippen LogP contribution in [0.3, 0.4) is 0 Å². The fourth-order valence-corrected chi connectivity index (χ4v) is 4.01. The second-order valence-electron chi connectivity index (χ2n) is 9.67. The summed E-state index contributed by atoms with van der Waals surface area (Å²) in [4.78, 5) is 68.2. The zero-order chi connectivity index (χ0) is 30.1. The first kappa shape index (κ1) is 31.1. The predicted molar refractivity (Wildman–Crippen MR) is 143 cm³/mol. The number of esters is 4. The summed E-state index contributed by atoms with van der Waals surface area (Å²) in [5.74, 6) is -5.46. The molecule has 0 radical (unpaired) electrons. The molecule has 2 unspecified atom stereocenters. The molecule has 1 fully saturated rings. The number of methoxy groups -OCH3 is 1. The van der Waals surface area contributed by atoms with Gasteiger partial charge in [0.05, 0.1) is 13.0 Å². The second-order valence-corrected chi connectivity index (χ2v) is 9.67. The summed E-state index contributed by atoms with van der Waals surface area (Å²) in [6.07, 6.45) is -0.790. The van der Waals surface area contributed by atoms with E-state index in [-0.39, 0.29) is 30.0 Å². The lowest BCUT2D eigenvalue weighted by Crippen LogP contribution is -2.47. The van der Waals surface area contributed by atoms with Gasteiger partial charge in [-0.05, 0) is 18.9 Å². The number of pyridine rings is 1. The van der Waals surface area contributed by atoms with Crippen molar-refractivity contribution in [3.8, 4) is 11.5 Å². The lowest BCUT2D eigenvalue weighted by atomic mass is 9.91. The number of hydrogen-bond donors (Lipinski definition) is 1. The zero-order valence-electron chi connectivity index (χ0n) is 23.6. The number of cyclic esters (lactones) is 2. The first-order valence-corrected chi connectivity index (χ1v) is 13.2. The van der Waals surface area contributed by atoms with Crippen LogP contribution in [0.1, 0.15) is 50.2 Å². The largest absolute Gasteiger partial charge is 0.493 e. The lowest BCUT2D eigenvalue weighted by Gasteiger charge is -2.29. The summed E-state index contributed by atoms with van der Waals surface area (Å²) < 4.78 is 27.2. The van der Waals surface area contributed by atoms with Gasteiger partial charge >= 0.3 is 23.9 Å². The maximum absolute atomic E-state index is 13.4. The molecule has 12 heteroatoms. The van der Waals surface area contributed by atoms with Crippen LogP contribution in [0.5, 0.6) is 11.5 Å². The van der Waals surface area contributed by atoms with E-state index in [0.717, 1.165) is 5.56 Å². The van der Waals surface area contributed by atoms with Crippen LogP contribution in [-0.4, -0.2) is 66.7 Å². The Bertz CT molecular complexity index is 1260. The van der Waals surface area contributed by atoms with Gasteiger partial charge in [0.1, 0.15) is 18.6 Å². The van der Waals surface area contributed by atoms with Crippen LogP contribution < -0.4 is 14.8 Å². The van der Waals surface area contributed by atoms with Crippen molar-refractivity contribution >= 4 is 29.8 Å². The molecule has 12 nitrogen and oxygen atoms in total. The molecule has 0 aliphatic carbocycles. The van der Waals surface area contributed by atoms with Crippen LogP contribution in [0.2, 0.25) is 0 Å². The van der Waals surface area contributed by atoms with Crippen LogP contribution in [0.25, 0.3) is 0 Å². The second kappa shape index (κ2) is 14.2. The van der Waals surface area contributed by atoms with Crippen LogP contribution in [0.4, 0.5) is 0 Å². The Labute approximate surface area is 237 Å². The third kappa shape index (κ3) is 8.03. The van der Waals surface area contributed by atoms with Crippen molar-refractivity contribution in [1.29, 1.82) is 0 Å². The number of nitrogens with zero attached hydrogens (tertiary/aromatic N) is 1. The van der Waals surface area contributed by atoms with E-state index in [9.17, 15) is 24.0 Å². The topological polar surface area (TPSA) is 156 Å². The summed E-state index contributed by atoms with van der Waals surface area (Å²) in [6, 6.07) is 9.00. The fraction of sp³-hybridized carbons (Fsp3) is 0.448. The SMILES string of the molecule is CCC(=O)Oc1c(OC)ccnc1C(=O)NC1COC(=O)[C@H](Cc2ccccc2)C(OC(=O)C(C)C)[C@H](C)OC1=O. The molecule has 41 heavy (non-hydrogen) atoms. The molecule has 1 aromatic carbocycles. The minimum atomic E-state index is -1.45. The van der Waals surface area contributed by atoms with E-state index < -0.39 is 66.5 Å². The molecule has 3 rings (SSSR count). The Morgan fingerprint density at radius 2 is 1.80 bits per heavy atom. The van der Waals surface area contributed by atoms with Gasteiger partial charge in [-0.3, -0.25) is 19.2 Å². The van der Waals surface area contributed by atoms with Crippen molar-refractivity contribution in [2.75, 3.05) is 13.7 Å². The van der Waals surface area contributed by atoms with Crippen LogP contribution in [0.15, 0.2) is 42.6 Å². The molecule has 0 spiro atoms. The van der Waals surface area contributed by atoms with Crippen molar-refractivity contribution in [3.63, 3.8) is 0 Å². The number of amides is 1. The fourth-order valence-electron chi connectivity index (χ4n) is 4.01. The number of carbonyl (C=O) groups excluding carboxylic acids is 5. The summed E-state index contributed by atoms with van der Waals surface area (Å²) in [7, 11) is 1.32. The Balaban J connectivity index is 1.90. The van der Waals surface area contributed by atoms with E-state index in [0.29, 0.717) is 0 Å². The standard InChI is InChI=1S/C29H34N2O10/c1-6-22(32)40-25-21(37-5)12-13-30-23(25)26(33)31-20-15-38-28(35)19(14-18-10-8-7-9-11-18)24(17(4)39-29(20)36)41-27(34)16(2)3/h7-13,16-17,19-20,24H,6,14-15H2,1-5H3,(H,31,33)/t17-,19+,20?,24?/m0/s1. The number of rotatable bonds is 9. The molecule has 2 heterocycles. The monoisotopic (exact) mass is 570 g/mol. The third-order valence-electron chi connectivity index (χ3n) is 6.28. The molecule has 1 aliphatic heterocycles. The van der Waals surface area contributed by atoms with E-state index in [4.69, 9.17) is 23.7 Å². The first-order valence-electron chi connectivity index (χ1n) is 13.2. The highest BCUT2D eigenvalue weighted by molar-refractivity contribution is 5.99. The molecule has 2 aromatic rings. The number of ether oxygens (including phenoxy) is 5. The number of benzene rings is 1. The van der Waals surface area contributed by atoms with Gasteiger partial charge in [0.2, 0.25) is 5.75 Å². The minimum absolute atomic E-state index is 0.0224. The number of nitrogens with one attached hydrogen (secondary N) is 1.